The van der Waals surface area contributed by atoms with Crippen LogP contribution < -0.4 is 0 Å². The fourth-order valence-corrected chi connectivity index (χ4v) is 9.46. The van der Waals surface area contributed by atoms with Crippen molar-refractivity contribution in [2.24, 2.45) is 4.99 Å². The molecule has 170 valence electrons. The standard InChI is InChI=1S/C19H18Br3N5O3S2/c1-24(2)32(29,30)27-17(31-12-7-4-3-5-8-12)23-19-18(27,22)9-6-10-25(19)16(28)14-11-13(20)15(21)26(14)19/h3-5,7-8,11H,6,9-10H2,1-2H3/t18-,19-/m1/s1. The number of amides is 1. The number of aliphatic imine (C=N–C) groups is 1. The van der Waals surface area contributed by atoms with Crippen molar-refractivity contribution in [2.75, 3.05) is 20.6 Å². The number of fused-ring (bicyclic) bond motifs is 1. The van der Waals surface area contributed by atoms with Gasteiger partial charge in [-0.3, -0.25) is 14.3 Å². The van der Waals surface area contributed by atoms with Crippen molar-refractivity contribution in [3.8, 4) is 0 Å². The molecule has 0 N–H and O–H groups in total. The van der Waals surface area contributed by atoms with Gasteiger partial charge in [-0.25, -0.2) is 9.30 Å². The zero-order chi connectivity index (χ0) is 23.1. The molecule has 0 radical (unpaired) electrons. The molecular weight excluding hydrogens is 650 g/mol. The predicted octanol–water partition coefficient (Wildman–Crippen LogP) is 4.23. The highest BCUT2D eigenvalue weighted by molar-refractivity contribution is 9.13. The third kappa shape index (κ3) is 2.84. The zero-order valence-electron chi connectivity index (χ0n) is 17.0. The van der Waals surface area contributed by atoms with E-state index in [1.165, 1.54) is 34.5 Å². The molecule has 1 aromatic carbocycles. The highest BCUT2D eigenvalue weighted by Gasteiger charge is 2.73. The third-order valence-corrected chi connectivity index (χ3v) is 12.2. The number of carbonyl (C=O) groups is 1. The van der Waals surface area contributed by atoms with Crippen LogP contribution in [0.1, 0.15) is 23.3 Å². The van der Waals surface area contributed by atoms with Crippen LogP contribution in [0.2, 0.25) is 0 Å². The van der Waals surface area contributed by atoms with Gasteiger partial charge in [0.15, 0.2) is 9.62 Å². The van der Waals surface area contributed by atoms with Gasteiger partial charge in [0, 0.05) is 25.5 Å². The monoisotopic (exact) mass is 665 g/mol. The average Bonchev–Trinajstić information content (AvgIpc) is 3.27. The molecule has 13 heteroatoms. The lowest BCUT2D eigenvalue weighted by Gasteiger charge is -2.50. The molecule has 1 aromatic heterocycles. The lowest BCUT2D eigenvalue weighted by molar-refractivity contribution is -0.0160. The fourth-order valence-electron chi connectivity index (χ4n) is 4.46. The van der Waals surface area contributed by atoms with E-state index in [1.54, 1.807) is 15.5 Å². The van der Waals surface area contributed by atoms with Crippen molar-refractivity contribution in [3.63, 3.8) is 0 Å². The van der Waals surface area contributed by atoms with E-state index in [9.17, 15) is 13.2 Å². The van der Waals surface area contributed by atoms with Gasteiger partial charge >= 0.3 is 10.2 Å². The number of nitrogens with zero attached hydrogens (tertiary/aromatic N) is 5. The van der Waals surface area contributed by atoms with Crippen molar-refractivity contribution in [2.45, 2.75) is 28.0 Å². The first kappa shape index (κ1) is 22.9. The minimum absolute atomic E-state index is 0.183. The van der Waals surface area contributed by atoms with Crippen LogP contribution >= 0.6 is 59.6 Å². The summed E-state index contributed by atoms with van der Waals surface area (Å²) in [7, 11) is -0.964. The van der Waals surface area contributed by atoms with Crippen LogP contribution in [0.3, 0.4) is 0 Å². The molecule has 2 atom stereocenters. The minimum atomic E-state index is -3.95. The highest BCUT2D eigenvalue weighted by Crippen LogP contribution is 2.61. The van der Waals surface area contributed by atoms with E-state index in [4.69, 9.17) is 4.99 Å². The summed E-state index contributed by atoms with van der Waals surface area (Å²) in [5.41, 5.74) is 0.450. The van der Waals surface area contributed by atoms with E-state index < -0.39 is 20.4 Å². The maximum Gasteiger partial charge on any atom is 0.306 e. The lowest BCUT2D eigenvalue weighted by Crippen LogP contribution is -2.66. The maximum atomic E-state index is 13.7. The number of benzene rings is 1. The van der Waals surface area contributed by atoms with Crippen molar-refractivity contribution in [1.29, 1.82) is 0 Å². The molecule has 1 fully saturated rings. The summed E-state index contributed by atoms with van der Waals surface area (Å²) in [6, 6.07) is 11.2. The summed E-state index contributed by atoms with van der Waals surface area (Å²) in [4.78, 5) is 21.0. The number of amidine groups is 1. The molecule has 0 aliphatic carbocycles. The molecule has 5 rings (SSSR count). The SMILES string of the molecule is CN(C)S(=O)(=O)N1C(Sc2ccccc2)=N[C@@]23N(CCC[C@@]12Br)C(=O)c1cc(Br)c(Br)n13. The van der Waals surface area contributed by atoms with Gasteiger partial charge in [-0.15, -0.1) is 0 Å². The first-order chi connectivity index (χ1) is 15.1. The Labute approximate surface area is 215 Å². The number of alkyl halides is 1. The Balaban J connectivity index is 1.81. The predicted molar refractivity (Wildman–Crippen MR) is 134 cm³/mol. The topological polar surface area (TPSA) is 78.2 Å². The van der Waals surface area contributed by atoms with E-state index in [2.05, 4.69) is 47.8 Å². The molecule has 3 aliphatic heterocycles. The molecule has 3 aliphatic rings. The zero-order valence-corrected chi connectivity index (χ0v) is 23.4. The summed E-state index contributed by atoms with van der Waals surface area (Å²) < 4.78 is 31.7. The number of rotatable bonds is 3. The minimum Gasteiger partial charge on any atom is -0.292 e. The quantitative estimate of drug-likeness (QED) is 0.363. The number of hydrogen-bond donors (Lipinski definition) is 0. The molecule has 1 spiro atoms. The molecule has 32 heavy (non-hydrogen) atoms. The van der Waals surface area contributed by atoms with Crippen LogP contribution in [0.15, 0.2) is 55.4 Å². The summed E-state index contributed by atoms with van der Waals surface area (Å²) in [6.45, 7) is 0.473. The Kier molecular flexibility index (Phi) is 5.42. The third-order valence-electron chi connectivity index (χ3n) is 5.85. The second-order valence-electron chi connectivity index (χ2n) is 7.82. The Morgan fingerprint density at radius 3 is 2.53 bits per heavy atom. The van der Waals surface area contributed by atoms with Crippen molar-refractivity contribution >= 4 is 80.8 Å². The van der Waals surface area contributed by atoms with Crippen LogP contribution in [0.25, 0.3) is 0 Å². The molecule has 2 aromatic rings. The maximum absolute atomic E-state index is 13.7. The number of halogens is 3. The number of hydrogen-bond acceptors (Lipinski definition) is 5. The molecule has 1 saturated heterocycles. The Morgan fingerprint density at radius 1 is 1.19 bits per heavy atom. The van der Waals surface area contributed by atoms with E-state index in [0.29, 0.717) is 39.3 Å². The van der Waals surface area contributed by atoms with Gasteiger partial charge in [-0.2, -0.15) is 12.7 Å². The second-order valence-corrected chi connectivity index (χ2v) is 13.8. The molecular formula is C19H18Br3N5O3S2. The van der Waals surface area contributed by atoms with Crippen LogP contribution in [0.5, 0.6) is 0 Å². The van der Waals surface area contributed by atoms with Gasteiger partial charge in [0.05, 0.1) is 4.47 Å². The van der Waals surface area contributed by atoms with Crippen LogP contribution in [0.4, 0.5) is 0 Å². The van der Waals surface area contributed by atoms with E-state index in [1.807, 2.05) is 30.3 Å². The number of carbonyl (C=O) groups excluding carboxylic acids is 1. The van der Waals surface area contributed by atoms with Crippen LogP contribution in [-0.2, 0) is 16.0 Å². The Hall–Kier alpha value is -0.860. The van der Waals surface area contributed by atoms with Gasteiger partial charge in [0.2, 0.25) is 0 Å². The Bertz CT molecular complexity index is 1270. The first-order valence-corrected chi connectivity index (χ1v) is 14.3. The van der Waals surface area contributed by atoms with Gasteiger partial charge in [0.1, 0.15) is 10.3 Å². The normalized spacial score (nSPS) is 26.9. The van der Waals surface area contributed by atoms with E-state index >= 15 is 0 Å². The number of thioether (sulfide) groups is 1. The van der Waals surface area contributed by atoms with Crippen molar-refractivity contribution in [1.82, 2.24) is 18.1 Å². The largest absolute Gasteiger partial charge is 0.306 e. The van der Waals surface area contributed by atoms with E-state index in [-0.39, 0.29) is 5.91 Å². The first-order valence-electron chi connectivity index (χ1n) is 9.69. The molecule has 4 heterocycles. The molecule has 0 saturated carbocycles. The van der Waals surface area contributed by atoms with Crippen LogP contribution in [-0.4, -0.2) is 62.7 Å². The summed E-state index contributed by atoms with van der Waals surface area (Å²) in [5.74, 6) is -1.49. The molecule has 0 unspecified atom stereocenters. The number of aromatic nitrogens is 1. The molecule has 1 amide bonds. The average molecular weight is 668 g/mol. The number of piperidine rings is 1. The fraction of sp³-hybridized carbons (Fsp3) is 0.368. The highest BCUT2D eigenvalue weighted by atomic mass is 79.9. The summed E-state index contributed by atoms with van der Waals surface area (Å²) in [5, 5.41) is 0.297. The van der Waals surface area contributed by atoms with Crippen molar-refractivity contribution in [3.05, 3.63) is 51.2 Å². The summed E-state index contributed by atoms with van der Waals surface area (Å²) >= 11 is 12.2. The van der Waals surface area contributed by atoms with Gasteiger partial charge in [-0.1, -0.05) is 45.9 Å². The smallest absolute Gasteiger partial charge is 0.292 e. The Morgan fingerprint density at radius 2 is 1.88 bits per heavy atom. The van der Waals surface area contributed by atoms with Gasteiger partial charge in [-0.05, 0) is 62.9 Å². The van der Waals surface area contributed by atoms with Gasteiger partial charge < -0.3 is 0 Å². The molecule has 8 nitrogen and oxygen atoms in total. The lowest BCUT2D eigenvalue weighted by atomic mass is 9.98. The van der Waals surface area contributed by atoms with E-state index in [0.717, 1.165) is 4.90 Å². The van der Waals surface area contributed by atoms with Crippen molar-refractivity contribution < 1.29 is 13.2 Å². The van der Waals surface area contributed by atoms with Crippen LogP contribution in [0, 0.1) is 0 Å². The van der Waals surface area contributed by atoms with Gasteiger partial charge in [0.25, 0.3) is 11.7 Å². The molecule has 0 bridgehead atoms. The second kappa shape index (κ2) is 7.57. The summed E-state index contributed by atoms with van der Waals surface area (Å²) in [6.07, 6.45) is 1.09.